The molecule has 1 rings (SSSR count). The van der Waals surface area contributed by atoms with Crippen LogP contribution >= 0.6 is 11.6 Å². The Hall–Kier alpha value is -1.75. The highest BCUT2D eigenvalue weighted by atomic mass is 35.5. The smallest absolute Gasteiger partial charge is 0.306 e. The molecular weight excluding hydrogens is 294 g/mol. The summed E-state index contributed by atoms with van der Waals surface area (Å²) in [5.41, 5.74) is -0.103. The standard InChI is InChI=1S/C15H20ClNO4/c1-15(2,3)21-14(19)8-7-13(18)17-12-9-10(20-4)5-6-11(12)16/h5-6,9H,7-8H2,1-4H3,(H,17,18). The molecule has 0 aliphatic carbocycles. The first kappa shape index (κ1) is 17.3. The van der Waals surface area contributed by atoms with Gasteiger partial charge in [0.2, 0.25) is 5.91 Å². The molecule has 116 valence electrons. The third kappa shape index (κ3) is 6.49. The molecule has 6 heteroatoms. The molecule has 0 spiro atoms. The van der Waals surface area contributed by atoms with E-state index in [2.05, 4.69) is 5.32 Å². The van der Waals surface area contributed by atoms with E-state index in [9.17, 15) is 9.59 Å². The van der Waals surface area contributed by atoms with Gasteiger partial charge in [-0.1, -0.05) is 11.6 Å². The summed E-state index contributed by atoms with van der Waals surface area (Å²) in [6.07, 6.45) is 0.0488. The first-order valence-electron chi connectivity index (χ1n) is 6.56. The molecule has 0 radical (unpaired) electrons. The molecule has 1 amide bonds. The molecule has 1 aromatic rings. The van der Waals surface area contributed by atoms with Crippen molar-refractivity contribution in [2.45, 2.75) is 39.2 Å². The molecule has 5 nitrogen and oxygen atoms in total. The number of benzene rings is 1. The van der Waals surface area contributed by atoms with Gasteiger partial charge in [-0.05, 0) is 32.9 Å². The number of ether oxygens (including phenoxy) is 2. The minimum atomic E-state index is -0.552. The lowest BCUT2D eigenvalue weighted by Crippen LogP contribution is -2.24. The average Bonchev–Trinajstić information content (AvgIpc) is 2.37. The van der Waals surface area contributed by atoms with Gasteiger partial charge >= 0.3 is 5.97 Å². The van der Waals surface area contributed by atoms with Crippen LogP contribution < -0.4 is 10.1 Å². The molecule has 0 heterocycles. The zero-order chi connectivity index (χ0) is 16.0. The second-order valence-electron chi connectivity index (χ2n) is 5.48. The molecule has 1 N–H and O–H groups in total. The Labute approximate surface area is 129 Å². The van der Waals surface area contributed by atoms with Crippen molar-refractivity contribution in [2.24, 2.45) is 0 Å². The molecule has 0 saturated carbocycles. The third-order valence-corrected chi connectivity index (χ3v) is 2.75. The summed E-state index contributed by atoms with van der Waals surface area (Å²) in [6.45, 7) is 5.34. The average molecular weight is 314 g/mol. The fraction of sp³-hybridized carbons (Fsp3) is 0.467. The van der Waals surface area contributed by atoms with Crippen LogP contribution in [0.15, 0.2) is 18.2 Å². The van der Waals surface area contributed by atoms with E-state index >= 15 is 0 Å². The van der Waals surface area contributed by atoms with Crippen LogP contribution in [-0.2, 0) is 14.3 Å². The second kappa shape index (κ2) is 7.31. The number of carbonyl (C=O) groups is 2. The van der Waals surface area contributed by atoms with E-state index in [1.54, 1.807) is 39.0 Å². The summed E-state index contributed by atoms with van der Waals surface area (Å²) in [5, 5.41) is 3.05. The van der Waals surface area contributed by atoms with E-state index in [1.165, 1.54) is 7.11 Å². The Bertz CT molecular complexity index is 523. The van der Waals surface area contributed by atoms with Crippen LogP contribution in [0, 0.1) is 0 Å². The van der Waals surface area contributed by atoms with Crippen molar-refractivity contribution in [1.29, 1.82) is 0 Å². The van der Waals surface area contributed by atoms with Crippen molar-refractivity contribution in [1.82, 2.24) is 0 Å². The number of rotatable bonds is 5. The summed E-state index contributed by atoms with van der Waals surface area (Å²) in [4.78, 5) is 23.4. The van der Waals surface area contributed by atoms with Crippen LogP contribution in [0.4, 0.5) is 5.69 Å². The monoisotopic (exact) mass is 313 g/mol. The molecule has 0 fully saturated rings. The minimum Gasteiger partial charge on any atom is -0.497 e. The Morgan fingerprint density at radius 2 is 1.90 bits per heavy atom. The maximum Gasteiger partial charge on any atom is 0.306 e. The van der Waals surface area contributed by atoms with Gasteiger partial charge in [0.15, 0.2) is 0 Å². The molecule has 0 aliphatic rings. The van der Waals surface area contributed by atoms with Gasteiger partial charge in [0, 0.05) is 12.5 Å². The highest BCUT2D eigenvalue weighted by Crippen LogP contribution is 2.26. The van der Waals surface area contributed by atoms with Crippen molar-refractivity contribution in [3.63, 3.8) is 0 Å². The number of esters is 1. The summed E-state index contributed by atoms with van der Waals surface area (Å²) >= 11 is 5.99. The molecule has 0 bridgehead atoms. The normalized spacial score (nSPS) is 10.9. The molecular formula is C15H20ClNO4. The predicted molar refractivity (Wildman–Crippen MR) is 81.7 cm³/mol. The highest BCUT2D eigenvalue weighted by molar-refractivity contribution is 6.33. The summed E-state index contributed by atoms with van der Waals surface area (Å²) < 4.78 is 10.2. The zero-order valence-corrected chi connectivity index (χ0v) is 13.4. The largest absolute Gasteiger partial charge is 0.497 e. The van der Waals surface area contributed by atoms with E-state index in [0.29, 0.717) is 16.5 Å². The second-order valence-corrected chi connectivity index (χ2v) is 5.89. The fourth-order valence-electron chi connectivity index (χ4n) is 1.55. The molecule has 1 aromatic carbocycles. The number of hydrogen-bond acceptors (Lipinski definition) is 4. The third-order valence-electron chi connectivity index (χ3n) is 2.42. The van der Waals surface area contributed by atoms with Crippen LogP contribution in [0.1, 0.15) is 33.6 Å². The summed E-state index contributed by atoms with van der Waals surface area (Å²) in [6, 6.07) is 4.94. The molecule has 0 saturated heterocycles. The van der Waals surface area contributed by atoms with Gasteiger partial charge in [-0.3, -0.25) is 9.59 Å². The topological polar surface area (TPSA) is 64.6 Å². The first-order chi connectivity index (χ1) is 9.71. The van der Waals surface area contributed by atoms with Crippen molar-refractivity contribution in [3.8, 4) is 5.75 Å². The maximum atomic E-state index is 11.8. The van der Waals surface area contributed by atoms with Crippen molar-refractivity contribution >= 4 is 29.2 Å². The van der Waals surface area contributed by atoms with Crippen LogP contribution in [-0.4, -0.2) is 24.6 Å². The molecule has 0 unspecified atom stereocenters. The number of halogens is 1. The van der Waals surface area contributed by atoms with Crippen molar-refractivity contribution in [2.75, 3.05) is 12.4 Å². The first-order valence-corrected chi connectivity index (χ1v) is 6.94. The number of carbonyl (C=O) groups excluding carboxylic acids is 2. The van der Waals surface area contributed by atoms with E-state index in [1.807, 2.05) is 0 Å². The summed E-state index contributed by atoms with van der Waals surface area (Å²) in [7, 11) is 1.53. The lowest BCUT2D eigenvalue weighted by molar-refractivity contribution is -0.155. The van der Waals surface area contributed by atoms with Gasteiger partial charge in [-0.2, -0.15) is 0 Å². The lowest BCUT2D eigenvalue weighted by atomic mass is 10.2. The Balaban J connectivity index is 2.53. The van der Waals surface area contributed by atoms with Crippen LogP contribution in [0.25, 0.3) is 0 Å². The number of amides is 1. The quantitative estimate of drug-likeness (QED) is 0.846. The number of hydrogen-bond donors (Lipinski definition) is 1. The van der Waals surface area contributed by atoms with Gasteiger partial charge in [0.05, 0.1) is 24.2 Å². The van der Waals surface area contributed by atoms with Gasteiger partial charge in [-0.25, -0.2) is 0 Å². The molecule has 0 aromatic heterocycles. The molecule has 0 aliphatic heterocycles. The van der Waals surface area contributed by atoms with Gasteiger partial charge in [-0.15, -0.1) is 0 Å². The fourth-order valence-corrected chi connectivity index (χ4v) is 1.71. The Morgan fingerprint density at radius 1 is 1.24 bits per heavy atom. The number of methoxy groups -OCH3 is 1. The Kier molecular flexibility index (Phi) is 6.03. The lowest BCUT2D eigenvalue weighted by Gasteiger charge is -2.19. The predicted octanol–water partition coefficient (Wildman–Crippen LogP) is 3.41. The van der Waals surface area contributed by atoms with Crippen LogP contribution in [0.5, 0.6) is 5.75 Å². The van der Waals surface area contributed by atoms with Crippen LogP contribution in [0.2, 0.25) is 5.02 Å². The van der Waals surface area contributed by atoms with E-state index in [4.69, 9.17) is 21.1 Å². The van der Waals surface area contributed by atoms with E-state index < -0.39 is 11.6 Å². The van der Waals surface area contributed by atoms with Crippen molar-refractivity contribution in [3.05, 3.63) is 23.2 Å². The van der Waals surface area contributed by atoms with E-state index in [-0.39, 0.29) is 18.7 Å². The maximum absolute atomic E-state index is 11.8. The van der Waals surface area contributed by atoms with Gasteiger partial charge < -0.3 is 14.8 Å². The van der Waals surface area contributed by atoms with Crippen molar-refractivity contribution < 1.29 is 19.1 Å². The summed E-state index contributed by atoms with van der Waals surface area (Å²) in [5.74, 6) is -0.132. The SMILES string of the molecule is COc1ccc(Cl)c(NC(=O)CCC(=O)OC(C)(C)C)c1. The highest BCUT2D eigenvalue weighted by Gasteiger charge is 2.17. The minimum absolute atomic E-state index is 0.0185. The van der Waals surface area contributed by atoms with Gasteiger partial charge in [0.25, 0.3) is 0 Å². The van der Waals surface area contributed by atoms with Gasteiger partial charge in [0.1, 0.15) is 11.4 Å². The zero-order valence-electron chi connectivity index (χ0n) is 12.7. The molecule has 21 heavy (non-hydrogen) atoms. The number of nitrogens with one attached hydrogen (secondary N) is 1. The number of anilines is 1. The molecule has 0 atom stereocenters. The van der Waals surface area contributed by atoms with E-state index in [0.717, 1.165) is 0 Å². The Morgan fingerprint density at radius 3 is 2.48 bits per heavy atom. The van der Waals surface area contributed by atoms with Crippen LogP contribution in [0.3, 0.4) is 0 Å².